The zero-order chi connectivity index (χ0) is 9.30. The lowest BCUT2D eigenvalue weighted by Gasteiger charge is -2.11. The minimum Gasteiger partial charge on any atom is -0.396 e. The smallest absolute Gasteiger partial charge is 0.154 e. The highest BCUT2D eigenvalue weighted by Gasteiger charge is 2.10. The van der Waals surface area contributed by atoms with Gasteiger partial charge in [-0.05, 0) is 6.92 Å². The van der Waals surface area contributed by atoms with Crippen LogP contribution in [0.25, 0.3) is 0 Å². The molecule has 0 unspecified atom stereocenters. The van der Waals surface area contributed by atoms with Crippen molar-refractivity contribution in [1.29, 1.82) is 0 Å². The van der Waals surface area contributed by atoms with Gasteiger partial charge in [0.25, 0.3) is 0 Å². The van der Waals surface area contributed by atoms with Gasteiger partial charge in [0.2, 0.25) is 0 Å². The summed E-state index contributed by atoms with van der Waals surface area (Å²) < 4.78 is 0. The Morgan fingerprint density at radius 2 is 1.92 bits per heavy atom. The molecule has 0 aromatic carbocycles. The number of halogens is 1. The van der Waals surface area contributed by atoms with E-state index in [1.54, 1.807) is 14.0 Å². The van der Waals surface area contributed by atoms with Gasteiger partial charge in [0.1, 0.15) is 0 Å². The molecule has 0 radical (unpaired) electrons. The monoisotopic (exact) mass is 186 g/mol. The van der Waals surface area contributed by atoms with Crippen molar-refractivity contribution >= 4 is 28.7 Å². The molecule has 5 heteroatoms. The van der Waals surface area contributed by atoms with Crippen molar-refractivity contribution in [2.75, 3.05) is 23.8 Å². The van der Waals surface area contributed by atoms with Crippen molar-refractivity contribution in [3.63, 3.8) is 0 Å². The Balaban J connectivity index is 3.42. The normalized spacial score (nSPS) is 9.92. The molecular formula is C7H11ClN4. The maximum absolute atomic E-state index is 5.74. The van der Waals surface area contributed by atoms with Gasteiger partial charge in [0.05, 0.1) is 22.8 Å². The van der Waals surface area contributed by atoms with Gasteiger partial charge in [-0.25, -0.2) is 4.98 Å². The Morgan fingerprint density at radius 1 is 1.33 bits per heavy atom. The molecule has 0 fully saturated rings. The maximum atomic E-state index is 5.74. The van der Waals surface area contributed by atoms with Crippen LogP contribution in [-0.2, 0) is 0 Å². The van der Waals surface area contributed by atoms with E-state index in [9.17, 15) is 0 Å². The Hall–Kier alpha value is -1.16. The first-order valence-electron chi connectivity index (χ1n) is 3.46. The van der Waals surface area contributed by atoms with Crippen LogP contribution in [-0.4, -0.2) is 12.0 Å². The fraction of sp³-hybridized carbons (Fsp3) is 0.286. The summed E-state index contributed by atoms with van der Waals surface area (Å²) in [6.07, 6.45) is 0. The van der Waals surface area contributed by atoms with Crippen molar-refractivity contribution in [2.24, 2.45) is 0 Å². The topological polar surface area (TPSA) is 77.0 Å². The lowest BCUT2D eigenvalue weighted by molar-refractivity contribution is 1.21. The van der Waals surface area contributed by atoms with Crippen molar-refractivity contribution in [1.82, 2.24) is 4.98 Å². The molecule has 1 heterocycles. The van der Waals surface area contributed by atoms with E-state index < -0.39 is 0 Å². The number of pyridine rings is 1. The molecule has 0 aliphatic heterocycles. The van der Waals surface area contributed by atoms with E-state index in [2.05, 4.69) is 10.3 Å². The van der Waals surface area contributed by atoms with Gasteiger partial charge in [-0.15, -0.1) is 0 Å². The first-order valence-corrected chi connectivity index (χ1v) is 3.84. The average molecular weight is 187 g/mol. The van der Waals surface area contributed by atoms with Crippen LogP contribution < -0.4 is 16.8 Å². The second-order valence-electron chi connectivity index (χ2n) is 2.44. The molecule has 1 aromatic heterocycles. The molecule has 0 saturated carbocycles. The van der Waals surface area contributed by atoms with Gasteiger partial charge in [-0.2, -0.15) is 0 Å². The minimum atomic E-state index is 0.283. The molecule has 66 valence electrons. The predicted molar refractivity (Wildman–Crippen MR) is 52.4 cm³/mol. The number of nitrogen functional groups attached to an aromatic ring is 2. The summed E-state index contributed by atoms with van der Waals surface area (Å²) in [5, 5.41) is 3.15. The zero-order valence-electron chi connectivity index (χ0n) is 6.98. The molecule has 0 bridgehead atoms. The molecule has 0 aliphatic carbocycles. The van der Waals surface area contributed by atoms with Crippen LogP contribution in [0.3, 0.4) is 0 Å². The van der Waals surface area contributed by atoms with Crippen LogP contribution in [0.2, 0.25) is 5.15 Å². The van der Waals surface area contributed by atoms with Gasteiger partial charge < -0.3 is 16.8 Å². The van der Waals surface area contributed by atoms with Crippen LogP contribution >= 0.6 is 11.6 Å². The predicted octanol–water partition coefficient (Wildman–Crippen LogP) is 1.25. The summed E-state index contributed by atoms with van der Waals surface area (Å²) >= 11 is 5.74. The van der Waals surface area contributed by atoms with Crippen LogP contribution in [0.15, 0.2) is 0 Å². The molecule has 0 amide bonds. The lowest BCUT2D eigenvalue weighted by Crippen LogP contribution is -2.05. The van der Waals surface area contributed by atoms with Crippen molar-refractivity contribution < 1.29 is 0 Å². The number of rotatable bonds is 1. The first-order chi connectivity index (χ1) is 5.57. The summed E-state index contributed by atoms with van der Waals surface area (Å²) in [5.41, 5.74) is 13.6. The second-order valence-corrected chi connectivity index (χ2v) is 2.80. The van der Waals surface area contributed by atoms with E-state index in [1.165, 1.54) is 0 Å². The number of nitrogens with two attached hydrogens (primary N) is 2. The zero-order valence-corrected chi connectivity index (χ0v) is 7.74. The first kappa shape index (κ1) is 8.93. The van der Waals surface area contributed by atoms with E-state index >= 15 is 0 Å². The minimum absolute atomic E-state index is 0.283. The standard InChI is InChI=1S/C7H11ClN4/c1-3-4(9)6(11-2)5(10)7(8)12-3/h9-10H2,1-2H3,(H,11,12). The van der Waals surface area contributed by atoms with Gasteiger partial charge >= 0.3 is 0 Å². The number of aryl methyl sites for hydroxylation is 1. The maximum Gasteiger partial charge on any atom is 0.154 e. The third-order valence-electron chi connectivity index (χ3n) is 1.67. The van der Waals surface area contributed by atoms with Gasteiger partial charge in [0, 0.05) is 7.05 Å². The van der Waals surface area contributed by atoms with Crippen LogP contribution in [0.1, 0.15) is 5.69 Å². The molecule has 5 N–H and O–H groups in total. The largest absolute Gasteiger partial charge is 0.396 e. The number of hydrogen-bond acceptors (Lipinski definition) is 4. The van der Waals surface area contributed by atoms with Crippen molar-refractivity contribution in [3.8, 4) is 0 Å². The molecule has 0 saturated heterocycles. The number of hydrogen-bond donors (Lipinski definition) is 3. The molecule has 1 aromatic rings. The summed E-state index contributed by atoms with van der Waals surface area (Å²) in [5.74, 6) is 0. The Bertz CT molecular complexity index is 285. The Morgan fingerprint density at radius 3 is 2.42 bits per heavy atom. The fourth-order valence-corrected chi connectivity index (χ4v) is 1.19. The Labute approximate surface area is 75.9 Å². The van der Waals surface area contributed by atoms with Gasteiger partial charge in [0.15, 0.2) is 5.15 Å². The third-order valence-corrected chi connectivity index (χ3v) is 1.95. The fourth-order valence-electron chi connectivity index (χ4n) is 0.966. The van der Waals surface area contributed by atoms with Crippen molar-refractivity contribution in [3.05, 3.63) is 10.8 Å². The third kappa shape index (κ3) is 1.25. The molecular weight excluding hydrogens is 176 g/mol. The van der Waals surface area contributed by atoms with Crippen LogP contribution in [0.5, 0.6) is 0 Å². The summed E-state index contributed by atoms with van der Waals surface area (Å²) in [6.45, 7) is 1.78. The van der Waals surface area contributed by atoms with E-state index in [-0.39, 0.29) is 5.15 Å². The number of nitrogens with one attached hydrogen (secondary N) is 1. The van der Waals surface area contributed by atoms with Crippen molar-refractivity contribution in [2.45, 2.75) is 6.92 Å². The lowest BCUT2D eigenvalue weighted by atomic mass is 10.2. The van der Waals surface area contributed by atoms with Crippen LogP contribution in [0, 0.1) is 6.92 Å². The number of nitrogens with zero attached hydrogens (tertiary/aromatic N) is 1. The second kappa shape index (κ2) is 3.06. The van der Waals surface area contributed by atoms with E-state index in [4.69, 9.17) is 23.1 Å². The molecule has 4 nitrogen and oxygen atoms in total. The summed E-state index contributed by atoms with van der Waals surface area (Å²) in [4.78, 5) is 3.96. The quantitative estimate of drug-likeness (QED) is 0.577. The van der Waals surface area contributed by atoms with E-state index in [0.29, 0.717) is 22.8 Å². The van der Waals surface area contributed by atoms with Gasteiger partial charge in [-0.1, -0.05) is 11.6 Å². The Kier molecular flexibility index (Phi) is 2.28. The van der Waals surface area contributed by atoms with Gasteiger partial charge in [-0.3, -0.25) is 0 Å². The molecule has 0 aliphatic rings. The van der Waals surface area contributed by atoms with E-state index in [1.807, 2.05) is 0 Å². The van der Waals surface area contributed by atoms with Crippen LogP contribution in [0.4, 0.5) is 17.1 Å². The molecule has 1 rings (SSSR count). The highest BCUT2D eigenvalue weighted by Crippen LogP contribution is 2.32. The number of anilines is 3. The number of aromatic nitrogens is 1. The average Bonchev–Trinajstić information content (AvgIpc) is 2.02. The summed E-state index contributed by atoms with van der Waals surface area (Å²) in [7, 11) is 1.73. The molecule has 0 atom stereocenters. The highest BCUT2D eigenvalue weighted by molar-refractivity contribution is 6.32. The van der Waals surface area contributed by atoms with E-state index in [0.717, 1.165) is 0 Å². The summed E-state index contributed by atoms with van der Waals surface area (Å²) in [6, 6.07) is 0. The molecule has 12 heavy (non-hydrogen) atoms. The SMILES string of the molecule is CNc1c(N)c(C)nc(Cl)c1N. The molecule has 0 spiro atoms. The highest BCUT2D eigenvalue weighted by atomic mass is 35.5.